The van der Waals surface area contributed by atoms with Gasteiger partial charge in [-0.25, -0.2) is 4.79 Å². The summed E-state index contributed by atoms with van der Waals surface area (Å²) >= 11 is 0. The number of carbonyl (C=O) groups is 16. The highest BCUT2D eigenvalue weighted by molar-refractivity contribution is 5.98. The van der Waals surface area contributed by atoms with Gasteiger partial charge in [-0.05, 0) is 51.4 Å². The summed E-state index contributed by atoms with van der Waals surface area (Å²) < 4.78 is 0. The highest BCUT2D eigenvalue weighted by atomic mass is 16.4. The van der Waals surface area contributed by atoms with Crippen LogP contribution in [-0.2, 0) is 76.7 Å². The summed E-state index contributed by atoms with van der Waals surface area (Å²) in [6.07, 6.45) is -8.44. The van der Waals surface area contributed by atoms with Crippen LogP contribution in [0, 0.1) is 0 Å². The Morgan fingerprint density at radius 3 is 0.589 bits per heavy atom. The topological polar surface area (TPSA) is 612 Å². The van der Waals surface area contributed by atoms with Gasteiger partial charge in [-0.1, -0.05) is 0 Å². The summed E-state index contributed by atoms with van der Waals surface area (Å²) in [7, 11) is 0. The van der Waals surface area contributed by atoms with Gasteiger partial charge in [0.05, 0.1) is 6.04 Å². The second-order valence-corrected chi connectivity index (χ2v) is 16.4. The SMILES string of the molecule is NC(=O)CC[C@H](NC(=O)[C@H](CCC(N)=O)N[13C](=O)[13C@H](CCC(N)=O)NC(=O)[C@H](CCC(N)=O)NC(=O)[C@H](CCC(N)=O)NC(=O)[C@H](CCC(N)=O)NC(=O)[C@H](CCC(N)=O)NC(=O)[C@@H](N)CCC(N)=O)C(=O)O. The number of hydrogen-bond donors (Lipinski definition) is 17. The average Bonchev–Trinajstić information content (AvgIpc) is 3.28. The minimum atomic E-state index is -1.86. The Morgan fingerprint density at radius 2 is 0.411 bits per heavy atom. The highest BCUT2D eigenvalue weighted by Crippen LogP contribution is 2.10. The van der Waals surface area contributed by atoms with Crippen LogP contribution in [0.25, 0.3) is 0 Å². The molecule has 0 bridgehead atoms. The van der Waals surface area contributed by atoms with Crippen LogP contribution in [0.1, 0.15) is 103 Å². The molecule has 0 unspecified atom stereocenters. The van der Waals surface area contributed by atoms with Crippen molar-refractivity contribution in [2.75, 3.05) is 0 Å². The zero-order valence-electron chi connectivity index (χ0n) is 39.6. The Kier molecular flexibility index (Phi) is 29.3. The van der Waals surface area contributed by atoms with E-state index in [4.69, 9.17) is 51.6 Å². The normalized spacial score (nSPS) is 14.0. The molecule has 0 saturated carbocycles. The summed E-state index contributed by atoms with van der Waals surface area (Å²) in [5, 5.41) is 25.1. The number of nitrogens with one attached hydrogen (secondary N) is 7. The van der Waals surface area contributed by atoms with E-state index in [2.05, 4.69) is 37.2 Å². The monoisotopic (exact) mass is 1040 g/mol. The van der Waals surface area contributed by atoms with Crippen molar-refractivity contribution in [3.8, 4) is 0 Å². The standard InChI is InChI=1S/C40H66N16O17/c41-17(1-9-25(42)57)33(65)50-18(2-10-26(43)58)34(66)51-19(3-11-27(44)59)35(67)52-20(4-12-28(45)60)36(68)53-21(5-13-29(46)61)37(69)54-22(6-14-30(47)62)38(70)55-23(7-15-31(48)63)39(71)56-24(40(72)73)8-16-32(49)64/h17-24H,1-16,41H2,(H2,42,57)(H2,43,58)(H2,44,59)(H2,45,60)(H2,46,61)(H2,47,62)(H2,48,63)(H2,49,64)(H,50,65)(H,51,66)(H,52,67)(H,53,68)(H,54,69)(H,55,70)(H,56,71)(H,72,73)/t17-,18-,19-,20-,21-,22-,23-,24-/m0/s1/i22+1,38+1. The molecule has 0 aromatic heterocycles. The third-order valence-corrected chi connectivity index (χ3v) is 10.2. The molecular weight excluding hydrogens is 979 g/mol. The van der Waals surface area contributed by atoms with Crippen molar-refractivity contribution in [2.45, 2.75) is 151 Å². The van der Waals surface area contributed by atoms with Gasteiger partial charge in [-0.3, -0.25) is 71.9 Å². The van der Waals surface area contributed by atoms with E-state index < -0.39 is 233 Å². The summed E-state index contributed by atoms with van der Waals surface area (Å²) in [4.78, 5) is 200. The van der Waals surface area contributed by atoms with E-state index in [0.29, 0.717) is 0 Å². The number of rotatable bonds is 39. The Hall–Kier alpha value is -8.52. The van der Waals surface area contributed by atoms with Crippen molar-refractivity contribution in [2.24, 2.45) is 51.6 Å². The van der Waals surface area contributed by atoms with Crippen LogP contribution < -0.4 is 88.8 Å². The molecule has 8 atom stereocenters. The third kappa shape index (κ3) is 28.7. The van der Waals surface area contributed by atoms with Gasteiger partial charge in [0, 0.05) is 51.4 Å². The first-order chi connectivity index (χ1) is 33.9. The van der Waals surface area contributed by atoms with E-state index in [9.17, 15) is 81.8 Å². The van der Waals surface area contributed by atoms with Gasteiger partial charge in [0.2, 0.25) is 88.6 Å². The zero-order chi connectivity index (χ0) is 56.1. The maximum absolute atomic E-state index is 13.9. The molecular formula is C40H66N16O17. The molecule has 0 aliphatic carbocycles. The molecule has 73 heavy (non-hydrogen) atoms. The summed E-state index contributed by atoms with van der Waals surface area (Å²) in [6.45, 7) is 0. The zero-order valence-corrected chi connectivity index (χ0v) is 39.6. The molecule has 33 nitrogen and oxygen atoms in total. The Labute approximate surface area is 415 Å². The predicted molar refractivity (Wildman–Crippen MR) is 247 cm³/mol. The van der Waals surface area contributed by atoms with Gasteiger partial charge < -0.3 is 93.9 Å². The van der Waals surface area contributed by atoms with Gasteiger partial charge in [0.15, 0.2) is 0 Å². The number of nitrogens with two attached hydrogens (primary N) is 9. The molecule has 0 fully saturated rings. The molecule has 0 aromatic rings. The lowest BCUT2D eigenvalue weighted by Crippen LogP contribution is -2.60. The molecule has 15 amide bonds. The number of primary amides is 8. The minimum Gasteiger partial charge on any atom is -0.480 e. The summed E-state index contributed by atoms with van der Waals surface area (Å²) in [5.74, 6) is -17.6. The van der Waals surface area contributed by atoms with Crippen LogP contribution in [0.15, 0.2) is 0 Å². The summed E-state index contributed by atoms with van der Waals surface area (Å²) in [5.41, 5.74) is 47.6. The van der Waals surface area contributed by atoms with Crippen LogP contribution >= 0.6 is 0 Å². The van der Waals surface area contributed by atoms with Crippen LogP contribution in [0.2, 0.25) is 0 Å². The number of hydrogen-bond acceptors (Lipinski definition) is 17. The third-order valence-electron chi connectivity index (χ3n) is 10.2. The molecule has 0 saturated heterocycles. The fraction of sp³-hybridized carbons (Fsp3) is 0.600. The van der Waals surface area contributed by atoms with Gasteiger partial charge in [0.25, 0.3) is 0 Å². The van der Waals surface area contributed by atoms with Gasteiger partial charge in [0.1, 0.15) is 42.3 Å². The maximum atomic E-state index is 13.9. The van der Waals surface area contributed by atoms with Crippen LogP contribution in [0.5, 0.6) is 0 Å². The van der Waals surface area contributed by atoms with Crippen molar-refractivity contribution in [3.63, 3.8) is 0 Å². The molecule has 33 heteroatoms. The lowest BCUT2D eigenvalue weighted by molar-refractivity contribution is -0.143. The molecule has 26 N–H and O–H groups in total. The van der Waals surface area contributed by atoms with Crippen molar-refractivity contribution < 1.29 is 81.8 Å². The van der Waals surface area contributed by atoms with Crippen LogP contribution in [0.4, 0.5) is 0 Å². The van der Waals surface area contributed by atoms with E-state index in [-0.39, 0.29) is 12.8 Å². The number of carboxylic acid groups (broad SMARTS) is 1. The van der Waals surface area contributed by atoms with Crippen LogP contribution in [-0.4, -0.2) is 148 Å². The quantitative estimate of drug-likeness (QED) is 0.0254. The molecule has 0 spiro atoms. The second-order valence-electron chi connectivity index (χ2n) is 16.4. The lowest BCUT2D eigenvalue weighted by Gasteiger charge is -2.28. The van der Waals surface area contributed by atoms with E-state index in [1.165, 1.54) is 0 Å². The molecule has 0 aromatic carbocycles. The first-order valence-corrected chi connectivity index (χ1v) is 22.3. The lowest BCUT2D eigenvalue weighted by atomic mass is 10.0. The maximum Gasteiger partial charge on any atom is 0.326 e. The Bertz CT molecular complexity index is 2090. The van der Waals surface area contributed by atoms with Crippen LogP contribution in [0.3, 0.4) is 0 Å². The summed E-state index contributed by atoms with van der Waals surface area (Å²) in [6, 6.07) is -13.8. The highest BCUT2D eigenvalue weighted by Gasteiger charge is 2.35. The van der Waals surface area contributed by atoms with E-state index in [0.717, 1.165) is 0 Å². The molecule has 0 heterocycles. The van der Waals surface area contributed by atoms with Gasteiger partial charge >= 0.3 is 5.97 Å². The molecule has 0 rings (SSSR count). The second kappa shape index (κ2) is 33.1. The van der Waals surface area contributed by atoms with Crippen molar-refractivity contribution in [3.05, 3.63) is 0 Å². The first-order valence-electron chi connectivity index (χ1n) is 22.3. The number of carboxylic acids is 1. The minimum absolute atomic E-state index is 0.249. The number of amides is 15. The Balaban J connectivity index is 6.91. The number of aliphatic carboxylic acids is 1. The van der Waals surface area contributed by atoms with Crippen molar-refractivity contribution >= 4 is 94.6 Å². The smallest absolute Gasteiger partial charge is 0.326 e. The number of carbonyl (C=O) groups excluding carboxylic acids is 15. The van der Waals surface area contributed by atoms with Gasteiger partial charge in [-0.15, -0.1) is 0 Å². The van der Waals surface area contributed by atoms with E-state index in [1.54, 1.807) is 0 Å². The molecule has 0 radical (unpaired) electrons. The van der Waals surface area contributed by atoms with E-state index >= 15 is 0 Å². The average molecular weight is 1050 g/mol. The van der Waals surface area contributed by atoms with Crippen molar-refractivity contribution in [1.29, 1.82) is 0 Å². The van der Waals surface area contributed by atoms with Crippen molar-refractivity contribution in [1.82, 2.24) is 37.2 Å². The molecule has 0 aliphatic heterocycles. The van der Waals surface area contributed by atoms with Gasteiger partial charge in [-0.2, -0.15) is 0 Å². The predicted octanol–water partition coefficient (Wildman–Crippen LogP) is -10.1. The molecule has 408 valence electrons. The van der Waals surface area contributed by atoms with E-state index in [1.807, 2.05) is 0 Å². The first kappa shape index (κ1) is 64.5. The fourth-order valence-electron chi connectivity index (χ4n) is 6.22. The Morgan fingerprint density at radius 1 is 0.260 bits per heavy atom. The molecule has 0 aliphatic rings. The largest absolute Gasteiger partial charge is 0.480 e. The fourth-order valence-corrected chi connectivity index (χ4v) is 6.22.